The molecule has 0 aliphatic carbocycles. The molecule has 3 heterocycles. The number of aromatic nitrogens is 1. The summed E-state index contributed by atoms with van der Waals surface area (Å²) in [5, 5.41) is 7.40. The minimum Gasteiger partial charge on any atom is -0.307 e. The summed E-state index contributed by atoms with van der Waals surface area (Å²) in [6, 6.07) is 14.7. The van der Waals surface area contributed by atoms with Crippen LogP contribution in [0.1, 0.15) is 16.8 Å². The van der Waals surface area contributed by atoms with Gasteiger partial charge in [0.05, 0.1) is 4.34 Å². The monoisotopic (exact) mass is 514 g/mol. The van der Waals surface area contributed by atoms with Gasteiger partial charge in [0.2, 0.25) is 0 Å². The number of carbonyl (C=O) groups is 1. The van der Waals surface area contributed by atoms with Gasteiger partial charge in [-0.25, -0.2) is 17.9 Å². The number of rotatable bonds is 4. The molecule has 2 amide bonds. The molecule has 0 saturated carbocycles. The fourth-order valence-corrected chi connectivity index (χ4v) is 6.63. The lowest BCUT2D eigenvalue weighted by Gasteiger charge is -2.15. The summed E-state index contributed by atoms with van der Waals surface area (Å²) in [5.74, 6) is 0. The minimum absolute atomic E-state index is 0.0429. The third-order valence-electron chi connectivity index (χ3n) is 5.61. The third-order valence-corrected chi connectivity index (χ3v) is 8.97. The quantitative estimate of drug-likeness (QED) is 0.379. The maximum Gasteiger partial charge on any atom is 0.333 e. The molecule has 8 nitrogen and oxygen atoms in total. The Morgan fingerprint density at radius 1 is 1.09 bits per heavy atom. The van der Waals surface area contributed by atoms with Gasteiger partial charge in [0.25, 0.3) is 15.6 Å². The number of thiophene rings is 1. The van der Waals surface area contributed by atoms with E-state index in [0.717, 1.165) is 28.0 Å². The molecule has 0 atom stereocenters. The number of nitrogens with zero attached hydrogens (tertiary/aromatic N) is 1. The number of anilines is 1. The van der Waals surface area contributed by atoms with Crippen LogP contribution >= 0.6 is 22.9 Å². The van der Waals surface area contributed by atoms with Gasteiger partial charge in [-0.1, -0.05) is 29.8 Å². The molecule has 174 valence electrons. The number of amides is 2. The zero-order valence-electron chi connectivity index (χ0n) is 17.9. The highest BCUT2D eigenvalue weighted by Gasteiger charge is 2.23. The number of nitrogens with one attached hydrogen (secondary N) is 3. The topological polar surface area (TPSA) is 109 Å². The lowest BCUT2D eigenvalue weighted by atomic mass is 10.0. The molecule has 2 aromatic heterocycles. The van der Waals surface area contributed by atoms with Crippen LogP contribution < -0.4 is 20.9 Å². The van der Waals surface area contributed by atoms with Crippen LogP contribution in [0.2, 0.25) is 4.34 Å². The highest BCUT2D eigenvalue weighted by Crippen LogP contribution is 2.30. The van der Waals surface area contributed by atoms with Gasteiger partial charge in [-0.3, -0.25) is 9.36 Å². The van der Waals surface area contributed by atoms with Crippen LogP contribution in [0.4, 0.5) is 10.5 Å². The highest BCUT2D eigenvalue weighted by molar-refractivity contribution is 7.92. The highest BCUT2D eigenvalue weighted by atomic mass is 35.5. The fourth-order valence-electron chi connectivity index (χ4n) is 4.02. The summed E-state index contributed by atoms with van der Waals surface area (Å²) >= 11 is 6.82. The van der Waals surface area contributed by atoms with Crippen molar-refractivity contribution in [2.45, 2.75) is 24.2 Å². The van der Waals surface area contributed by atoms with E-state index in [1.807, 2.05) is 29.0 Å². The minimum atomic E-state index is -4.05. The number of carbonyl (C=O) groups excluding carboxylic acids is 1. The summed E-state index contributed by atoms with van der Waals surface area (Å²) in [5.41, 5.74) is 3.52. The molecule has 0 unspecified atom stereocenters. The first-order chi connectivity index (χ1) is 16.2. The van der Waals surface area contributed by atoms with Crippen molar-refractivity contribution in [1.82, 2.24) is 14.6 Å². The Labute approximate surface area is 204 Å². The number of hydrogen-bond acceptors (Lipinski definition) is 6. The van der Waals surface area contributed by atoms with Crippen molar-refractivity contribution in [3.8, 4) is 5.69 Å². The Bertz CT molecular complexity index is 1590. The fraction of sp³-hybridized carbons (Fsp3) is 0.130. The van der Waals surface area contributed by atoms with E-state index in [2.05, 4.69) is 10.6 Å². The molecule has 5 rings (SSSR count). The van der Waals surface area contributed by atoms with Crippen LogP contribution in [0.3, 0.4) is 0 Å². The number of aryl methyl sites for hydroxylation is 1. The Morgan fingerprint density at radius 2 is 1.79 bits per heavy atom. The number of pyridine rings is 1. The van der Waals surface area contributed by atoms with Crippen molar-refractivity contribution in [3.63, 3.8) is 0 Å². The van der Waals surface area contributed by atoms with Crippen molar-refractivity contribution in [2.24, 2.45) is 0 Å². The molecule has 0 radical (unpaired) electrons. The first kappa shape index (κ1) is 22.6. The summed E-state index contributed by atoms with van der Waals surface area (Å²) < 4.78 is 28.8. The third kappa shape index (κ3) is 3.98. The van der Waals surface area contributed by atoms with E-state index < -0.39 is 16.1 Å². The Kier molecular flexibility index (Phi) is 5.68. The van der Waals surface area contributed by atoms with Crippen LogP contribution in [0.5, 0.6) is 0 Å². The van der Waals surface area contributed by atoms with Crippen LogP contribution in [0.25, 0.3) is 16.5 Å². The van der Waals surface area contributed by atoms with Gasteiger partial charge in [0, 0.05) is 35.5 Å². The molecule has 4 aromatic rings. The number of urea groups is 1. The van der Waals surface area contributed by atoms with E-state index in [1.165, 1.54) is 6.07 Å². The Hall–Kier alpha value is -3.18. The first-order valence-corrected chi connectivity index (χ1v) is 13.0. The maximum atomic E-state index is 13.2. The second-order valence-electron chi connectivity index (χ2n) is 7.84. The van der Waals surface area contributed by atoms with E-state index in [9.17, 15) is 18.0 Å². The van der Waals surface area contributed by atoms with E-state index >= 15 is 0 Å². The van der Waals surface area contributed by atoms with E-state index in [1.54, 1.807) is 35.8 Å². The predicted molar refractivity (Wildman–Crippen MR) is 133 cm³/mol. The van der Waals surface area contributed by atoms with E-state index in [0.29, 0.717) is 39.8 Å². The SMILES string of the molecule is Cc1cc(S(=O)(=O)NC(=O)Nc2ccc(-n3c4c(c5ccccc5c3=O)CNC4)cc2)sc1Cl. The van der Waals surface area contributed by atoms with Gasteiger partial charge in [-0.2, -0.15) is 0 Å². The summed E-state index contributed by atoms with van der Waals surface area (Å²) in [6.07, 6.45) is 0. The second-order valence-corrected chi connectivity index (χ2v) is 11.4. The molecule has 1 aliphatic rings. The Morgan fingerprint density at radius 3 is 2.47 bits per heavy atom. The van der Waals surface area contributed by atoms with Gasteiger partial charge in [0.15, 0.2) is 0 Å². The van der Waals surface area contributed by atoms with Crippen molar-refractivity contribution < 1.29 is 13.2 Å². The molecule has 34 heavy (non-hydrogen) atoms. The molecule has 3 N–H and O–H groups in total. The molecule has 1 aliphatic heterocycles. The summed E-state index contributed by atoms with van der Waals surface area (Å²) in [7, 11) is -4.05. The van der Waals surface area contributed by atoms with Gasteiger partial charge in [-0.05, 0) is 59.8 Å². The molecule has 0 bridgehead atoms. The number of hydrogen-bond donors (Lipinski definition) is 3. The van der Waals surface area contributed by atoms with Crippen molar-refractivity contribution in [3.05, 3.63) is 86.1 Å². The predicted octanol–water partition coefficient (Wildman–Crippen LogP) is 4.13. The molecule has 2 aromatic carbocycles. The average molecular weight is 515 g/mol. The van der Waals surface area contributed by atoms with Crippen LogP contribution in [-0.4, -0.2) is 19.0 Å². The summed E-state index contributed by atoms with van der Waals surface area (Å²) in [6.45, 7) is 2.94. The maximum absolute atomic E-state index is 13.2. The lowest BCUT2D eigenvalue weighted by Crippen LogP contribution is -2.34. The average Bonchev–Trinajstić information content (AvgIpc) is 3.42. The Balaban J connectivity index is 1.40. The normalized spacial score (nSPS) is 13.1. The zero-order valence-corrected chi connectivity index (χ0v) is 20.3. The van der Waals surface area contributed by atoms with Gasteiger partial charge in [0.1, 0.15) is 4.21 Å². The number of fused-ring (bicyclic) bond motifs is 3. The van der Waals surface area contributed by atoms with Crippen molar-refractivity contribution in [1.29, 1.82) is 0 Å². The molecular weight excluding hydrogens is 496 g/mol. The second kappa shape index (κ2) is 8.55. The number of sulfonamides is 1. The van der Waals surface area contributed by atoms with Crippen molar-refractivity contribution >= 4 is 55.5 Å². The largest absolute Gasteiger partial charge is 0.333 e. The van der Waals surface area contributed by atoms with Crippen LogP contribution in [0.15, 0.2) is 63.6 Å². The lowest BCUT2D eigenvalue weighted by molar-refractivity contribution is 0.256. The number of halogens is 1. The van der Waals surface area contributed by atoms with Gasteiger partial charge >= 0.3 is 6.03 Å². The standard InChI is InChI=1S/C23H19ClN4O4S2/c1-13-10-20(33-21(13)24)34(31,32)27-23(30)26-14-6-8-15(9-7-14)28-19-12-25-11-18(19)16-4-2-3-5-17(16)22(28)29/h2-10,25H,11-12H2,1H3,(H2,26,27,30). The molecule has 0 spiro atoms. The first-order valence-electron chi connectivity index (χ1n) is 10.3. The van der Waals surface area contributed by atoms with E-state index in [-0.39, 0.29) is 9.77 Å². The molecule has 0 fully saturated rings. The van der Waals surface area contributed by atoms with Gasteiger partial charge < -0.3 is 10.6 Å². The van der Waals surface area contributed by atoms with Gasteiger partial charge in [-0.15, -0.1) is 11.3 Å². The van der Waals surface area contributed by atoms with Crippen molar-refractivity contribution in [2.75, 3.05) is 5.32 Å². The molecule has 11 heteroatoms. The number of benzene rings is 2. The smallest absolute Gasteiger partial charge is 0.307 e. The van der Waals surface area contributed by atoms with Crippen LogP contribution in [-0.2, 0) is 23.1 Å². The molecule has 0 saturated heterocycles. The zero-order chi connectivity index (χ0) is 24.0. The van der Waals surface area contributed by atoms with E-state index in [4.69, 9.17) is 11.6 Å². The van der Waals surface area contributed by atoms with Crippen LogP contribution in [0, 0.1) is 6.92 Å². The molecular formula is C23H19ClN4O4S2. The summed E-state index contributed by atoms with van der Waals surface area (Å²) in [4.78, 5) is 25.6.